The summed E-state index contributed by atoms with van der Waals surface area (Å²) in [5.74, 6) is -1.16. The number of carboxylic acid groups (broad SMARTS) is 1. The van der Waals surface area contributed by atoms with Crippen LogP contribution in [0.25, 0.3) is 0 Å². The minimum Gasteiger partial charge on any atom is -0.480 e. The number of benzene rings is 1. The molecule has 0 aliphatic heterocycles. The lowest BCUT2D eigenvalue weighted by Gasteiger charge is -2.35. The smallest absolute Gasteiger partial charge is 0.317 e. The average molecular weight is 567 g/mol. The molecule has 1 heterocycles. The van der Waals surface area contributed by atoms with Gasteiger partial charge in [0, 0.05) is 25.1 Å². The molecule has 0 radical (unpaired) electrons. The summed E-state index contributed by atoms with van der Waals surface area (Å²) in [4.78, 5) is 42.9. The Morgan fingerprint density at radius 1 is 1.05 bits per heavy atom. The Bertz CT molecular complexity index is 1120. The van der Waals surface area contributed by atoms with Crippen molar-refractivity contribution >= 4 is 48.4 Å². The van der Waals surface area contributed by atoms with Gasteiger partial charge in [-0.15, -0.1) is 24.8 Å². The highest BCUT2D eigenvalue weighted by molar-refractivity contribution is 5.94. The Kier molecular flexibility index (Phi) is 11.4. The zero-order valence-electron chi connectivity index (χ0n) is 21.5. The van der Waals surface area contributed by atoms with Crippen LogP contribution in [-0.4, -0.2) is 46.0 Å². The quantitative estimate of drug-likeness (QED) is 0.314. The van der Waals surface area contributed by atoms with Crippen LogP contribution in [0.5, 0.6) is 0 Å². The molecule has 11 heteroatoms. The van der Waals surface area contributed by atoms with E-state index in [9.17, 15) is 19.5 Å². The molecule has 2 aliphatic rings. The van der Waals surface area contributed by atoms with Gasteiger partial charge in [0.1, 0.15) is 11.4 Å². The summed E-state index contributed by atoms with van der Waals surface area (Å²) in [5, 5.41) is 18.3. The van der Waals surface area contributed by atoms with Crippen molar-refractivity contribution < 1.29 is 19.5 Å². The van der Waals surface area contributed by atoms with Crippen LogP contribution in [0, 0.1) is 12.8 Å². The lowest BCUT2D eigenvalue weighted by molar-refractivity contribution is -0.138. The second-order valence-electron chi connectivity index (χ2n) is 10.0. The highest BCUT2D eigenvalue weighted by Crippen LogP contribution is 2.32. The molecule has 4 rings (SSSR count). The Morgan fingerprint density at radius 3 is 2.26 bits per heavy atom. The Labute approximate surface area is 235 Å². The number of carbonyl (C=O) groups is 3. The third kappa shape index (κ3) is 7.36. The zero-order valence-corrected chi connectivity index (χ0v) is 23.1. The molecule has 38 heavy (non-hydrogen) atoms. The number of aromatic nitrogens is 1. The summed E-state index contributed by atoms with van der Waals surface area (Å²) in [6, 6.07) is 10.7. The number of aryl methyl sites for hydroxylation is 1. The number of hydrogen-bond acceptors (Lipinski definition) is 6. The summed E-state index contributed by atoms with van der Waals surface area (Å²) in [6.45, 7) is 1.79. The second kappa shape index (κ2) is 13.8. The van der Waals surface area contributed by atoms with Gasteiger partial charge >= 0.3 is 5.97 Å². The highest BCUT2D eigenvalue weighted by atomic mass is 35.5. The van der Waals surface area contributed by atoms with Gasteiger partial charge in [0.05, 0.1) is 12.6 Å². The fourth-order valence-electron chi connectivity index (χ4n) is 5.51. The first kappa shape index (κ1) is 31.3. The van der Waals surface area contributed by atoms with Crippen LogP contribution in [0.3, 0.4) is 0 Å². The number of pyridine rings is 1. The molecule has 0 unspecified atom stereocenters. The van der Waals surface area contributed by atoms with Crippen molar-refractivity contribution in [1.29, 1.82) is 0 Å². The number of aliphatic carboxylic acids is 1. The first-order valence-corrected chi connectivity index (χ1v) is 12.6. The third-order valence-corrected chi connectivity index (χ3v) is 7.43. The number of nitrogens with zero attached hydrogens (tertiary/aromatic N) is 1. The molecule has 208 valence electrons. The van der Waals surface area contributed by atoms with Crippen molar-refractivity contribution in [3.63, 3.8) is 0 Å². The number of nitrogens with one attached hydrogen (secondary N) is 3. The Morgan fingerprint density at radius 2 is 1.68 bits per heavy atom. The van der Waals surface area contributed by atoms with Crippen molar-refractivity contribution in [2.24, 2.45) is 5.92 Å². The third-order valence-electron chi connectivity index (χ3n) is 7.43. The second-order valence-corrected chi connectivity index (χ2v) is 10.0. The number of amides is 2. The molecule has 1 aromatic carbocycles. The molecule has 2 amide bonds. The zero-order chi connectivity index (χ0) is 25.7. The predicted octanol–water partition coefficient (Wildman–Crippen LogP) is 2.71. The lowest BCUT2D eigenvalue weighted by Crippen LogP contribution is -2.63. The van der Waals surface area contributed by atoms with Crippen LogP contribution >= 0.6 is 24.8 Å². The average Bonchev–Trinajstić information content (AvgIpc) is 3.23. The number of carbonyl (C=O) groups excluding carboxylic acids is 2. The fourth-order valence-corrected chi connectivity index (χ4v) is 5.51. The van der Waals surface area contributed by atoms with Gasteiger partial charge in [-0.1, -0.05) is 49.6 Å². The molecule has 0 saturated heterocycles. The van der Waals surface area contributed by atoms with Gasteiger partial charge < -0.3 is 21.5 Å². The van der Waals surface area contributed by atoms with Gasteiger partial charge in [-0.25, -0.2) is 4.98 Å². The molecule has 2 aromatic rings. The van der Waals surface area contributed by atoms with E-state index in [2.05, 4.69) is 20.9 Å². The summed E-state index contributed by atoms with van der Waals surface area (Å²) >= 11 is 0. The Balaban J connectivity index is 0.00000253. The van der Waals surface area contributed by atoms with Crippen molar-refractivity contribution in [2.45, 2.75) is 70.0 Å². The maximum absolute atomic E-state index is 13.7. The molecule has 0 spiro atoms. The number of anilines is 1. The first-order chi connectivity index (χ1) is 17.3. The van der Waals surface area contributed by atoms with Crippen LogP contribution in [0.1, 0.15) is 54.5 Å². The number of hydrogen-bond donors (Lipinski definition) is 5. The van der Waals surface area contributed by atoms with Crippen LogP contribution in [0.2, 0.25) is 0 Å². The van der Waals surface area contributed by atoms with Crippen molar-refractivity contribution in [1.82, 2.24) is 20.9 Å². The van der Waals surface area contributed by atoms with E-state index in [0.29, 0.717) is 18.7 Å². The van der Waals surface area contributed by atoms with E-state index in [0.717, 1.165) is 54.5 Å². The van der Waals surface area contributed by atoms with Gasteiger partial charge in [0.25, 0.3) is 0 Å². The Hall–Kier alpha value is -2.88. The monoisotopic (exact) mass is 565 g/mol. The largest absolute Gasteiger partial charge is 0.480 e. The molecule has 1 atom stereocenters. The minimum absolute atomic E-state index is 0. The number of fused-ring (bicyclic) bond motifs is 1. The van der Waals surface area contributed by atoms with Crippen LogP contribution in [0.15, 0.2) is 36.4 Å². The van der Waals surface area contributed by atoms with E-state index in [1.165, 1.54) is 0 Å². The standard InChI is InChI=1S/C27H35N5O4.2ClH/c1-17-21(11-12-22(28)31-17)15-30-26(36)27(13-19-9-5-6-10-20(19)14-27)32-25(35)24(29-16-23(33)34)18-7-3-2-4-8-18;;/h5-6,9-12,18,24,29H,2-4,7-8,13-16H2,1H3,(H2,28,31)(H,30,36)(H,32,35)(H,33,34);2*1H/t24-;;/m1../s1. The van der Waals surface area contributed by atoms with Gasteiger partial charge in [-0.3, -0.25) is 19.7 Å². The van der Waals surface area contributed by atoms with E-state index < -0.39 is 17.6 Å². The van der Waals surface area contributed by atoms with Crippen LogP contribution in [-0.2, 0) is 33.8 Å². The van der Waals surface area contributed by atoms with Crippen molar-refractivity contribution in [3.05, 3.63) is 58.8 Å². The summed E-state index contributed by atoms with van der Waals surface area (Å²) in [7, 11) is 0. The molecule has 9 nitrogen and oxygen atoms in total. The number of rotatable bonds is 9. The van der Waals surface area contributed by atoms with Crippen LogP contribution in [0.4, 0.5) is 5.82 Å². The number of nitrogens with two attached hydrogens (primary N) is 1. The number of nitrogen functional groups attached to an aromatic ring is 1. The maximum atomic E-state index is 13.7. The molecular weight excluding hydrogens is 529 g/mol. The van der Waals surface area contributed by atoms with E-state index in [1.54, 1.807) is 6.07 Å². The fraction of sp³-hybridized carbons (Fsp3) is 0.481. The van der Waals surface area contributed by atoms with Gasteiger partial charge in [0.2, 0.25) is 11.8 Å². The van der Waals surface area contributed by atoms with Crippen LogP contribution < -0.4 is 21.7 Å². The molecule has 0 bridgehead atoms. The van der Waals surface area contributed by atoms with Gasteiger partial charge in [-0.05, 0) is 48.4 Å². The van der Waals surface area contributed by atoms with Crippen molar-refractivity contribution in [3.8, 4) is 0 Å². The van der Waals surface area contributed by atoms with Gasteiger partial charge in [0.15, 0.2) is 0 Å². The lowest BCUT2D eigenvalue weighted by atomic mass is 9.82. The number of carboxylic acids is 1. The molecule has 2 aliphatic carbocycles. The first-order valence-electron chi connectivity index (χ1n) is 12.6. The molecule has 1 fully saturated rings. The topological polar surface area (TPSA) is 146 Å². The summed E-state index contributed by atoms with van der Waals surface area (Å²) in [6.07, 6.45) is 5.59. The van der Waals surface area contributed by atoms with E-state index in [-0.39, 0.29) is 55.6 Å². The van der Waals surface area contributed by atoms with E-state index in [4.69, 9.17) is 5.73 Å². The predicted molar refractivity (Wildman–Crippen MR) is 150 cm³/mol. The normalized spacial score (nSPS) is 16.8. The maximum Gasteiger partial charge on any atom is 0.317 e. The SMILES string of the molecule is Cc1nc(N)ccc1CNC(=O)C1(NC(=O)[C@H](NCC(=O)O)C2CCCCC2)Cc2ccccc2C1.Cl.Cl. The number of halogens is 2. The van der Waals surface area contributed by atoms with E-state index >= 15 is 0 Å². The summed E-state index contributed by atoms with van der Waals surface area (Å²) < 4.78 is 0. The van der Waals surface area contributed by atoms with E-state index in [1.807, 2.05) is 37.3 Å². The van der Waals surface area contributed by atoms with Crippen molar-refractivity contribution in [2.75, 3.05) is 12.3 Å². The summed E-state index contributed by atoms with van der Waals surface area (Å²) in [5.41, 5.74) is 8.21. The molecule has 1 saturated carbocycles. The highest BCUT2D eigenvalue weighted by Gasteiger charge is 2.46. The minimum atomic E-state index is -1.16. The molecular formula is C27H37Cl2N5O4. The van der Waals surface area contributed by atoms with Gasteiger partial charge in [-0.2, -0.15) is 0 Å². The molecule has 1 aromatic heterocycles. The molecule has 6 N–H and O–H groups in total.